The molecule has 128 valence electrons. The molecule has 1 amide bonds. The maximum absolute atomic E-state index is 13.0. The van der Waals surface area contributed by atoms with Gasteiger partial charge in [-0.25, -0.2) is 8.78 Å². The number of likely N-dealkylation sites (tertiary alicyclic amines) is 1. The summed E-state index contributed by atoms with van der Waals surface area (Å²) in [5.41, 5.74) is -4.69. The molecule has 1 heterocycles. The SMILES string of the molecule is O=C(c1cc(F)cc(F)c1)N1CCC(C(F)(F)F)(C(F)(F)F)C1. The molecule has 0 atom stereocenters. The Bertz CT molecular complexity index is 587. The Morgan fingerprint density at radius 1 is 0.957 bits per heavy atom. The normalized spacial score (nSPS) is 18.3. The fourth-order valence-electron chi connectivity index (χ4n) is 2.47. The highest BCUT2D eigenvalue weighted by atomic mass is 19.4. The van der Waals surface area contributed by atoms with Gasteiger partial charge in [-0.1, -0.05) is 0 Å². The maximum Gasteiger partial charge on any atom is 0.404 e. The lowest BCUT2D eigenvalue weighted by Crippen LogP contribution is -2.52. The van der Waals surface area contributed by atoms with Crippen molar-refractivity contribution in [2.45, 2.75) is 18.8 Å². The molecule has 1 aliphatic heterocycles. The van der Waals surface area contributed by atoms with E-state index in [1.807, 2.05) is 0 Å². The van der Waals surface area contributed by atoms with Gasteiger partial charge in [-0.05, 0) is 18.6 Å². The molecule has 0 bridgehead atoms. The van der Waals surface area contributed by atoms with Crippen LogP contribution in [0.5, 0.6) is 0 Å². The zero-order chi connectivity index (χ0) is 17.6. The van der Waals surface area contributed by atoms with Crippen LogP contribution in [-0.4, -0.2) is 36.2 Å². The number of benzene rings is 1. The summed E-state index contributed by atoms with van der Waals surface area (Å²) in [7, 11) is 0. The van der Waals surface area contributed by atoms with E-state index in [9.17, 15) is 39.9 Å². The molecule has 0 spiro atoms. The fraction of sp³-hybridized carbons (Fsp3) is 0.462. The van der Waals surface area contributed by atoms with Crippen LogP contribution in [0.25, 0.3) is 0 Å². The molecule has 2 nitrogen and oxygen atoms in total. The zero-order valence-corrected chi connectivity index (χ0v) is 11.2. The molecule has 0 N–H and O–H groups in total. The average molecular weight is 347 g/mol. The predicted octanol–water partition coefficient (Wildman–Crippen LogP) is 3.92. The van der Waals surface area contributed by atoms with Crippen LogP contribution in [0.2, 0.25) is 0 Å². The highest BCUT2D eigenvalue weighted by Crippen LogP contribution is 2.55. The molecular weight excluding hydrogens is 338 g/mol. The second-order valence-electron chi connectivity index (χ2n) is 5.21. The van der Waals surface area contributed by atoms with Crippen molar-refractivity contribution < 1.29 is 39.9 Å². The number of hydrogen-bond donors (Lipinski definition) is 0. The van der Waals surface area contributed by atoms with Gasteiger partial charge in [0.2, 0.25) is 0 Å². The minimum atomic E-state index is -5.60. The molecule has 1 aromatic rings. The Kier molecular flexibility index (Phi) is 4.06. The third kappa shape index (κ3) is 2.98. The van der Waals surface area contributed by atoms with Crippen molar-refractivity contribution in [3.05, 3.63) is 35.4 Å². The molecule has 10 heteroatoms. The first-order valence-corrected chi connectivity index (χ1v) is 6.26. The van der Waals surface area contributed by atoms with E-state index >= 15 is 0 Å². The third-order valence-corrected chi connectivity index (χ3v) is 3.75. The van der Waals surface area contributed by atoms with E-state index in [1.165, 1.54) is 0 Å². The van der Waals surface area contributed by atoms with E-state index in [0.29, 0.717) is 23.1 Å². The van der Waals surface area contributed by atoms with Gasteiger partial charge in [0.25, 0.3) is 5.91 Å². The Morgan fingerprint density at radius 2 is 1.43 bits per heavy atom. The van der Waals surface area contributed by atoms with E-state index in [-0.39, 0.29) is 0 Å². The van der Waals surface area contributed by atoms with E-state index in [2.05, 4.69) is 0 Å². The van der Waals surface area contributed by atoms with Gasteiger partial charge >= 0.3 is 12.4 Å². The van der Waals surface area contributed by atoms with E-state index in [4.69, 9.17) is 0 Å². The average Bonchev–Trinajstić information content (AvgIpc) is 2.81. The molecule has 0 unspecified atom stereocenters. The van der Waals surface area contributed by atoms with Crippen molar-refractivity contribution in [2.24, 2.45) is 5.41 Å². The van der Waals surface area contributed by atoms with E-state index in [0.717, 1.165) is 0 Å². The van der Waals surface area contributed by atoms with Gasteiger partial charge in [-0.2, -0.15) is 26.3 Å². The lowest BCUT2D eigenvalue weighted by Gasteiger charge is -2.33. The summed E-state index contributed by atoms with van der Waals surface area (Å²) in [6, 6.07) is 1.52. The van der Waals surface area contributed by atoms with Crippen molar-refractivity contribution in [1.29, 1.82) is 0 Å². The highest BCUT2D eigenvalue weighted by molar-refractivity contribution is 5.94. The molecule has 0 radical (unpaired) electrons. The number of rotatable bonds is 1. The lowest BCUT2D eigenvalue weighted by atomic mass is 9.85. The van der Waals surface area contributed by atoms with Gasteiger partial charge in [0, 0.05) is 24.7 Å². The smallest absolute Gasteiger partial charge is 0.337 e. The van der Waals surface area contributed by atoms with Crippen LogP contribution in [0.1, 0.15) is 16.8 Å². The summed E-state index contributed by atoms with van der Waals surface area (Å²) in [6.45, 7) is -2.47. The van der Waals surface area contributed by atoms with Gasteiger partial charge in [0.1, 0.15) is 11.6 Å². The maximum atomic E-state index is 13.0. The minimum Gasteiger partial charge on any atom is -0.337 e. The number of amides is 1. The Labute approximate surface area is 124 Å². The zero-order valence-electron chi connectivity index (χ0n) is 11.2. The van der Waals surface area contributed by atoms with Gasteiger partial charge in [0.15, 0.2) is 5.41 Å². The Balaban J connectivity index is 2.32. The van der Waals surface area contributed by atoms with Crippen LogP contribution in [0, 0.1) is 17.0 Å². The standard InChI is InChI=1S/C13H9F8NO/c14-8-3-7(4-9(15)5-8)10(23)22-2-1-11(6-22,12(16,17)18)13(19,20)21/h3-5H,1-2,6H2. The summed E-state index contributed by atoms with van der Waals surface area (Å²) in [5, 5.41) is 0. The summed E-state index contributed by atoms with van der Waals surface area (Å²) in [4.78, 5) is 12.3. The first-order chi connectivity index (χ1) is 10.4. The van der Waals surface area contributed by atoms with Crippen LogP contribution in [-0.2, 0) is 0 Å². The topological polar surface area (TPSA) is 20.3 Å². The van der Waals surface area contributed by atoms with Crippen molar-refractivity contribution in [3.8, 4) is 0 Å². The molecule has 1 fully saturated rings. The molecule has 23 heavy (non-hydrogen) atoms. The molecular formula is C13H9F8NO. The summed E-state index contributed by atoms with van der Waals surface area (Å²) in [6.07, 6.45) is -12.6. The first-order valence-electron chi connectivity index (χ1n) is 6.26. The Hall–Kier alpha value is -1.87. The highest BCUT2D eigenvalue weighted by Gasteiger charge is 2.72. The number of nitrogens with zero attached hydrogens (tertiary/aromatic N) is 1. The first kappa shape index (κ1) is 17.5. The largest absolute Gasteiger partial charge is 0.404 e. The fourth-order valence-corrected chi connectivity index (χ4v) is 2.47. The van der Waals surface area contributed by atoms with Crippen molar-refractivity contribution in [3.63, 3.8) is 0 Å². The van der Waals surface area contributed by atoms with Crippen LogP contribution >= 0.6 is 0 Å². The van der Waals surface area contributed by atoms with Crippen LogP contribution in [0.4, 0.5) is 35.1 Å². The molecule has 0 aromatic heterocycles. The van der Waals surface area contributed by atoms with E-state index < -0.39 is 60.4 Å². The number of carbonyl (C=O) groups is 1. The van der Waals surface area contributed by atoms with Gasteiger partial charge in [-0.15, -0.1) is 0 Å². The van der Waals surface area contributed by atoms with Crippen LogP contribution < -0.4 is 0 Å². The number of hydrogen-bond acceptors (Lipinski definition) is 1. The van der Waals surface area contributed by atoms with Crippen LogP contribution in [0.15, 0.2) is 18.2 Å². The molecule has 1 aliphatic rings. The molecule has 1 saturated heterocycles. The summed E-state index contributed by atoms with van der Waals surface area (Å²) < 4.78 is 103. The quantitative estimate of drug-likeness (QED) is 0.705. The second kappa shape index (κ2) is 5.34. The lowest BCUT2D eigenvalue weighted by molar-refractivity contribution is -0.334. The number of halogens is 8. The molecule has 0 saturated carbocycles. The van der Waals surface area contributed by atoms with Gasteiger partial charge in [-0.3, -0.25) is 4.79 Å². The summed E-state index contributed by atoms with van der Waals surface area (Å²) >= 11 is 0. The van der Waals surface area contributed by atoms with Crippen molar-refractivity contribution in [2.75, 3.05) is 13.1 Å². The monoisotopic (exact) mass is 347 g/mol. The predicted molar refractivity (Wildman–Crippen MR) is 61.4 cm³/mol. The van der Waals surface area contributed by atoms with Crippen molar-refractivity contribution >= 4 is 5.91 Å². The van der Waals surface area contributed by atoms with Crippen LogP contribution in [0.3, 0.4) is 0 Å². The van der Waals surface area contributed by atoms with Gasteiger partial charge < -0.3 is 4.90 Å². The molecule has 1 aromatic carbocycles. The minimum absolute atomic E-state index is 0.301. The Morgan fingerprint density at radius 3 is 1.83 bits per heavy atom. The number of carbonyl (C=O) groups excluding carboxylic acids is 1. The van der Waals surface area contributed by atoms with Gasteiger partial charge in [0.05, 0.1) is 0 Å². The van der Waals surface area contributed by atoms with E-state index in [1.54, 1.807) is 0 Å². The molecule has 0 aliphatic carbocycles. The number of alkyl halides is 6. The third-order valence-electron chi connectivity index (χ3n) is 3.75. The second-order valence-corrected chi connectivity index (χ2v) is 5.21. The van der Waals surface area contributed by atoms with Crippen molar-refractivity contribution in [1.82, 2.24) is 4.90 Å². The molecule has 2 rings (SSSR count). The summed E-state index contributed by atoms with van der Waals surface area (Å²) in [5.74, 6) is -3.62.